The van der Waals surface area contributed by atoms with Gasteiger partial charge in [-0.15, -0.1) is 0 Å². The Balaban J connectivity index is 3.10. The van der Waals surface area contributed by atoms with Gasteiger partial charge in [0.2, 0.25) is 11.8 Å². The molecular formula is C8H6BrF6N3O. The molecule has 1 rings (SSSR count). The molecule has 1 aromatic rings. The minimum atomic E-state index is -5.61. The molecule has 0 aliphatic carbocycles. The second-order valence-corrected chi connectivity index (χ2v) is 4.03. The van der Waals surface area contributed by atoms with Gasteiger partial charge < -0.3 is 10.1 Å². The van der Waals surface area contributed by atoms with Crippen molar-refractivity contribution in [3.8, 4) is 5.88 Å². The number of nitrogens with zero attached hydrogens (tertiary/aromatic N) is 2. The largest absolute Gasteiger partial charge is 0.454 e. The first kappa shape index (κ1) is 15.8. The number of alkyl halides is 6. The zero-order valence-corrected chi connectivity index (χ0v) is 10.7. The number of aromatic nitrogens is 2. The summed E-state index contributed by atoms with van der Waals surface area (Å²) in [6.45, 7) is 0. The number of rotatable bonds is 3. The fourth-order valence-electron chi connectivity index (χ4n) is 0.985. The van der Waals surface area contributed by atoms with Crippen LogP contribution in [-0.4, -0.2) is 35.5 Å². The molecule has 1 N–H and O–H groups in total. The lowest BCUT2D eigenvalue weighted by molar-refractivity contribution is -0.300. The molecule has 0 aliphatic rings. The Morgan fingerprint density at radius 2 is 1.74 bits per heavy atom. The van der Waals surface area contributed by atoms with E-state index >= 15 is 0 Å². The zero-order valence-electron chi connectivity index (χ0n) is 9.10. The lowest BCUT2D eigenvalue weighted by Crippen LogP contribution is -2.46. The van der Waals surface area contributed by atoms with Crippen molar-refractivity contribution in [2.24, 2.45) is 0 Å². The van der Waals surface area contributed by atoms with Crippen LogP contribution < -0.4 is 10.1 Å². The lowest BCUT2D eigenvalue weighted by Gasteiger charge is -2.23. The first-order valence-electron chi connectivity index (χ1n) is 4.56. The van der Waals surface area contributed by atoms with Crippen LogP contribution in [0.5, 0.6) is 5.88 Å². The van der Waals surface area contributed by atoms with Gasteiger partial charge in [0.15, 0.2) is 0 Å². The number of hydrogen-bond donors (Lipinski definition) is 1. The van der Waals surface area contributed by atoms with Crippen LogP contribution in [0.25, 0.3) is 0 Å². The van der Waals surface area contributed by atoms with Crippen molar-refractivity contribution < 1.29 is 31.1 Å². The van der Waals surface area contributed by atoms with E-state index in [0.29, 0.717) is 0 Å². The number of hydrogen-bond acceptors (Lipinski definition) is 4. The molecule has 0 aliphatic heterocycles. The second-order valence-electron chi connectivity index (χ2n) is 3.18. The second kappa shape index (κ2) is 5.39. The molecule has 0 unspecified atom stereocenters. The van der Waals surface area contributed by atoms with Crippen LogP contribution in [-0.2, 0) is 0 Å². The third-order valence-corrected chi connectivity index (χ3v) is 2.30. The molecule has 0 bridgehead atoms. The van der Waals surface area contributed by atoms with Crippen molar-refractivity contribution in [1.82, 2.24) is 9.97 Å². The van der Waals surface area contributed by atoms with E-state index in [1.54, 1.807) is 0 Å². The third-order valence-electron chi connectivity index (χ3n) is 1.76. The Morgan fingerprint density at radius 1 is 1.21 bits per heavy atom. The highest BCUT2D eigenvalue weighted by molar-refractivity contribution is 9.10. The first-order chi connectivity index (χ1) is 8.55. The summed E-state index contributed by atoms with van der Waals surface area (Å²) in [5, 5.41) is 2.36. The van der Waals surface area contributed by atoms with Gasteiger partial charge in [0.05, 0.1) is 10.7 Å². The average Bonchev–Trinajstić information content (AvgIpc) is 2.24. The molecule has 0 atom stereocenters. The molecule has 1 heterocycles. The van der Waals surface area contributed by atoms with Crippen LogP contribution in [0, 0.1) is 0 Å². The highest BCUT2D eigenvalue weighted by atomic mass is 79.9. The van der Waals surface area contributed by atoms with Crippen LogP contribution >= 0.6 is 15.9 Å². The standard InChI is InChI=1S/C8H6BrF6N3O/c1-16-6-17-2-3(9)4(18-6)19-5(7(10,11)12)8(13,14)15/h2,5H,1H3,(H,16,17,18). The van der Waals surface area contributed by atoms with Gasteiger partial charge in [-0.25, -0.2) is 4.98 Å². The highest BCUT2D eigenvalue weighted by Crippen LogP contribution is 2.37. The summed E-state index contributed by atoms with van der Waals surface area (Å²) >= 11 is 2.71. The number of nitrogens with one attached hydrogen (secondary N) is 1. The van der Waals surface area contributed by atoms with Crippen molar-refractivity contribution in [1.29, 1.82) is 0 Å². The van der Waals surface area contributed by atoms with E-state index < -0.39 is 24.3 Å². The van der Waals surface area contributed by atoms with E-state index in [9.17, 15) is 26.3 Å². The predicted octanol–water partition coefficient (Wildman–Crippen LogP) is 3.15. The smallest absolute Gasteiger partial charge is 0.434 e. The lowest BCUT2D eigenvalue weighted by atomic mass is 10.3. The Kier molecular flexibility index (Phi) is 4.48. The van der Waals surface area contributed by atoms with Gasteiger partial charge in [-0.3, -0.25) is 0 Å². The van der Waals surface area contributed by atoms with Crippen molar-refractivity contribution in [2.45, 2.75) is 18.5 Å². The summed E-state index contributed by atoms with van der Waals surface area (Å²) in [7, 11) is 1.35. The topological polar surface area (TPSA) is 47.0 Å². The normalized spacial score (nSPS) is 12.7. The first-order valence-corrected chi connectivity index (χ1v) is 5.35. The zero-order chi connectivity index (χ0) is 14.8. The number of halogens is 7. The van der Waals surface area contributed by atoms with Crippen molar-refractivity contribution >= 4 is 21.9 Å². The molecule has 108 valence electrons. The molecule has 0 radical (unpaired) electrons. The van der Waals surface area contributed by atoms with E-state index in [2.05, 4.69) is 36.0 Å². The van der Waals surface area contributed by atoms with Gasteiger partial charge in [0.1, 0.15) is 0 Å². The third kappa shape index (κ3) is 4.11. The summed E-state index contributed by atoms with van der Waals surface area (Å²) in [5.74, 6) is -1.04. The Morgan fingerprint density at radius 3 is 2.16 bits per heavy atom. The summed E-state index contributed by atoms with van der Waals surface area (Å²) < 4.78 is 77.5. The van der Waals surface area contributed by atoms with Crippen LogP contribution in [0.15, 0.2) is 10.7 Å². The van der Waals surface area contributed by atoms with E-state index in [-0.39, 0.29) is 10.4 Å². The fraction of sp³-hybridized carbons (Fsp3) is 0.500. The highest BCUT2D eigenvalue weighted by Gasteiger charge is 2.59. The Labute approximate surface area is 111 Å². The van der Waals surface area contributed by atoms with E-state index in [4.69, 9.17) is 0 Å². The van der Waals surface area contributed by atoms with Crippen LogP contribution in [0.2, 0.25) is 0 Å². The minimum absolute atomic E-state index is 0.179. The van der Waals surface area contributed by atoms with Crippen LogP contribution in [0.1, 0.15) is 0 Å². The molecule has 0 saturated heterocycles. The summed E-state index contributed by atoms with van der Waals surface area (Å²) in [4.78, 5) is 6.94. The predicted molar refractivity (Wildman–Crippen MR) is 55.8 cm³/mol. The van der Waals surface area contributed by atoms with Crippen LogP contribution in [0.4, 0.5) is 32.3 Å². The number of anilines is 1. The SMILES string of the molecule is CNc1ncc(Br)c(OC(C(F)(F)F)C(F)(F)F)n1. The molecule has 0 fully saturated rings. The maximum Gasteiger partial charge on any atom is 0.434 e. The van der Waals surface area contributed by atoms with Crippen LogP contribution in [0.3, 0.4) is 0 Å². The maximum atomic E-state index is 12.3. The van der Waals surface area contributed by atoms with E-state index in [1.807, 2.05) is 0 Å². The molecular weight excluding hydrogens is 348 g/mol. The summed E-state index contributed by atoms with van der Waals surface area (Å²) in [6, 6.07) is 0. The van der Waals surface area contributed by atoms with Crippen molar-refractivity contribution in [3.05, 3.63) is 10.7 Å². The van der Waals surface area contributed by atoms with Gasteiger partial charge in [-0.05, 0) is 15.9 Å². The van der Waals surface area contributed by atoms with Gasteiger partial charge in [0, 0.05) is 7.05 Å². The quantitative estimate of drug-likeness (QED) is 0.848. The monoisotopic (exact) mass is 353 g/mol. The van der Waals surface area contributed by atoms with Gasteiger partial charge >= 0.3 is 12.4 Å². The van der Waals surface area contributed by atoms with Crippen molar-refractivity contribution in [2.75, 3.05) is 12.4 Å². The van der Waals surface area contributed by atoms with Gasteiger partial charge in [-0.2, -0.15) is 31.3 Å². The Bertz CT molecular complexity index is 435. The molecule has 11 heteroatoms. The fourth-order valence-corrected chi connectivity index (χ4v) is 1.27. The average molecular weight is 354 g/mol. The summed E-state index contributed by atoms with van der Waals surface area (Å²) in [5.41, 5.74) is 0. The molecule has 0 spiro atoms. The van der Waals surface area contributed by atoms with Gasteiger partial charge in [0.25, 0.3) is 6.10 Å². The Hall–Kier alpha value is -1.26. The molecule has 0 saturated carbocycles. The van der Waals surface area contributed by atoms with Crippen molar-refractivity contribution in [3.63, 3.8) is 0 Å². The minimum Gasteiger partial charge on any atom is -0.454 e. The molecule has 0 amide bonds. The molecule has 19 heavy (non-hydrogen) atoms. The van der Waals surface area contributed by atoms with E-state index in [0.717, 1.165) is 6.20 Å². The molecule has 0 aromatic carbocycles. The summed E-state index contributed by atoms with van der Waals surface area (Å²) in [6.07, 6.45) is -14.2. The maximum absolute atomic E-state index is 12.3. The number of ether oxygens (including phenoxy) is 1. The van der Waals surface area contributed by atoms with E-state index in [1.165, 1.54) is 7.05 Å². The molecule has 4 nitrogen and oxygen atoms in total. The molecule has 1 aromatic heterocycles. The van der Waals surface area contributed by atoms with Gasteiger partial charge in [-0.1, -0.05) is 0 Å².